The van der Waals surface area contributed by atoms with Crippen molar-refractivity contribution in [3.05, 3.63) is 59.6 Å². The molecule has 2 aromatic heterocycles. The van der Waals surface area contributed by atoms with Crippen LogP contribution in [0.15, 0.2) is 47.0 Å². The molecule has 0 aliphatic heterocycles. The van der Waals surface area contributed by atoms with Crippen molar-refractivity contribution in [1.82, 2.24) is 4.98 Å². The zero-order chi connectivity index (χ0) is 16.4. The van der Waals surface area contributed by atoms with Gasteiger partial charge in [0.1, 0.15) is 0 Å². The summed E-state index contributed by atoms with van der Waals surface area (Å²) in [5.41, 5.74) is 1.61. The van der Waals surface area contributed by atoms with E-state index in [-0.39, 0.29) is 5.76 Å². The number of ketones is 1. The third-order valence-electron chi connectivity index (χ3n) is 3.75. The number of para-hydroxylation sites is 1. The third-order valence-corrected chi connectivity index (χ3v) is 3.75. The van der Waals surface area contributed by atoms with Gasteiger partial charge in [-0.25, -0.2) is 0 Å². The number of carbonyl (C=O) groups excluding carboxylic acids is 1. The van der Waals surface area contributed by atoms with Gasteiger partial charge in [-0.3, -0.25) is 9.78 Å². The molecule has 5 heteroatoms. The molecule has 1 unspecified atom stereocenters. The average molecular weight is 306 g/mol. The van der Waals surface area contributed by atoms with Crippen molar-refractivity contribution >= 4 is 16.8 Å². The van der Waals surface area contributed by atoms with E-state index in [9.17, 15) is 10.1 Å². The summed E-state index contributed by atoms with van der Waals surface area (Å²) in [7, 11) is 1.54. The van der Waals surface area contributed by atoms with Gasteiger partial charge in [0, 0.05) is 17.1 Å². The van der Waals surface area contributed by atoms with Crippen molar-refractivity contribution in [2.75, 3.05) is 7.11 Å². The summed E-state index contributed by atoms with van der Waals surface area (Å²) >= 11 is 0. The summed E-state index contributed by atoms with van der Waals surface area (Å²) in [6.45, 7) is 1.80. The third kappa shape index (κ3) is 2.44. The highest BCUT2D eigenvalue weighted by atomic mass is 16.5. The summed E-state index contributed by atoms with van der Waals surface area (Å²) in [5.74, 6) is -0.680. The van der Waals surface area contributed by atoms with Gasteiger partial charge < -0.3 is 9.15 Å². The number of rotatable bonds is 4. The summed E-state index contributed by atoms with van der Waals surface area (Å²) in [6, 6.07) is 12.6. The van der Waals surface area contributed by atoms with E-state index < -0.39 is 11.7 Å². The number of ether oxygens (including phenoxy) is 1. The van der Waals surface area contributed by atoms with Crippen molar-refractivity contribution in [3.8, 4) is 11.8 Å². The molecule has 1 aromatic carbocycles. The molecule has 0 saturated heterocycles. The Labute approximate surface area is 133 Å². The molecule has 0 aliphatic rings. The van der Waals surface area contributed by atoms with Crippen molar-refractivity contribution in [2.24, 2.45) is 0 Å². The first-order valence-corrected chi connectivity index (χ1v) is 7.08. The quantitative estimate of drug-likeness (QED) is 0.688. The highest BCUT2D eigenvalue weighted by molar-refractivity contribution is 6.05. The number of aromatic nitrogens is 1. The van der Waals surface area contributed by atoms with Crippen molar-refractivity contribution in [2.45, 2.75) is 12.8 Å². The number of aryl methyl sites for hydroxylation is 1. The van der Waals surface area contributed by atoms with Gasteiger partial charge in [0.25, 0.3) is 0 Å². The van der Waals surface area contributed by atoms with Crippen molar-refractivity contribution in [3.63, 3.8) is 0 Å². The Kier molecular flexibility index (Phi) is 3.82. The lowest BCUT2D eigenvalue weighted by Crippen LogP contribution is -2.12. The molecule has 0 aliphatic carbocycles. The number of nitrogens with zero attached hydrogens (tertiary/aromatic N) is 2. The summed E-state index contributed by atoms with van der Waals surface area (Å²) in [5, 5.41) is 10.2. The molecule has 0 spiro atoms. The smallest absolute Gasteiger partial charge is 0.221 e. The van der Waals surface area contributed by atoms with Crippen LogP contribution in [0.2, 0.25) is 0 Å². The van der Waals surface area contributed by atoms with Crippen LogP contribution in [-0.4, -0.2) is 17.9 Å². The number of benzene rings is 1. The minimum Gasteiger partial charge on any atom is -0.493 e. The van der Waals surface area contributed by atoms with Crippen molar-refractivity contribution < 1.29 is 13.9 Å². The number of carbonyl (C=O) groups is 1. The standard InChI is InChI=1S/C18H14N2O3/c1-11-12-6-5-8-15(22-2)18(12)23-17(11)16(21)13(10-19)14-7-3-4-9-20-14/h3-9,13H,1-2H3. The molecule has 3 aromatic rings. The first kappa shape index (κ1) is 14.8. The summed E-state index contributed by atoms with van der Waals surface area (Å²) < 4.78 is 11.0. The van der Waals surface area contributed by atoms with Gasteiger partial charge in [-0.1, -0.05) is 18.2 Å². The Morgan fingerprint density at radius 1 is 1.30 bits per heavy atom. The zero-order valence-electron chi connectivity index (χ0n) is 12.7. The van der Waals surface area contributed by atoms with Crippen LogP contribution in [0, 0.1) is 18.3 Å². The first-order valence-electron chi connectivity index (χ1n) is 7.08. The van der Waals surface area contributed by atoms with Gasteiger partial charge in [-0.15, -0.1) is 0 Å². The SMILES string of the molecule is COc1cccc2c(C)c(C(=O)C(C#N)c3ccccn3)oc12. The molecule has 114 valence electrons. The van der Waals surface area contributed by atoms with Crippen LogP contribution in [0.5, 0.6) is 5.75 Å². The number of hydrogen-bond acceptors (Lipinski definition) is 5. The molecule has 0 radical (unpaired) electrons. The molecule has 3 rings (SSSR count). The van der Waals surface area contributed by atoms with Crippen LogP contribution in [0.1, 0.15) is 27.7 Å². The predicted octanol–water partition coefficient (Wildman–Crippen LogP) is 3.63. The fraction of sp³-hybridized carbons (Fsp3) is 0.167. The Hall–Kier alpha value is -3.13. The molecule has 5 nitrogen and oxygen atoms in total. The molecule has 0 saturated carbocycles. The largest absolute Gasteiger partial charge is 0.493 e. The second kappa shape index (κ2) is 5.93. The molecule has 0 fully saturated rings. The minimum absolute atomic E-state index is 0.168. The van der Waals surface area contributed by atoms with E-state index in [2.05, 4.69) is 4.98 Å². The normalized spacial score (nSPS) is 11.9. The molecule has 0 amide bonds. The van der Waals surface area contributed by atoms with Crippen LogP contribution in [0.4, 0.5) is 0 Å². The van der Waals surface area contributed by atoms with Gasteiger partial charge in [-0.2, -0.15) is 5.26 Å². The Morgan fingerprint density at radius 2 is 2.13 bits per heavy atom. The van der Waals surface area contributed by atoms with E-state index >= 15 is 0 Å². The Morgan fingerprint density at radius 3 is 2.78 bits per heavy atom. The van der Waals surface area contributed by atoms with Crippen LogP contribution in [-0.2, 0) is 0 Å². The number of furan rings is 1. The van der Waals surface area contributed by atoms with Crippen LogP contribution in [0.25, 0.3) is 11.0 Å². The van der Waals surface area contributed by atoms with Crippen LogP contribution >= 0.6 is 0 Å². The van der Waals surface area contributed by atoms with E-state index in [0.717, 1.165) is 5.39 Å². The second-order valence-electron chi connectivity index (χ2n) is 5.07. The minimum atomic E-state index is -0.999. The maximum Gasteiger partial charge on any atom is 0.221 e. The van der Waals surface area contributed by atoms with E-state index in [0.29, 0.717) is 22.6 Å². The molecule has 23 heavy (non-hydrogen) atoms. The molecule has 0 bridgehead atoms. The van der Waals surface area contributed by atoms with Crippen LogP contribution in [0.3, 0.4) is 0 Å². The van der Waals surface area contributed by atoms with Gasteiger partial charge in [0.15, 0.2) is 23.0 Å². The lowest BCUT2D eigenvalue weighted by atomic mass is 9.97. The highest BCUT2D eigenvalue weighted by Gasteiger charge is 2.28. The maximum atomic E-state index is 12.8. The first-order chi connectivity index (χ1) is 11.2. The zero-order valence-corrected chi connectivity index (χ0v) is 12.7. The number of methoxy groups -OCH3 is 1. The topological polar surface area (TPSA) is 76.1 Å². The van der Waals surface area contributed by atoms with E-state index in [1.54, 1.807) is 44.5 Å². The van der Waals surface area contributed by atoms with Gasteiger partial charge >= 0.3 is 0 Å². The fourth-order valence-electron chi connectivity index (χ4n) is 2.55. The molecule has 2 heterocycles. The molecule has 0 N–H and O–H groups in total. The van der Waals surface area contributed by atoms with Crippen LogP contribution < -0.4 is 4.74 Å². The number of nitriles is 1. The van der Waals surface area contributed by atoms with Crippen molar-refractivity contribution in [1.29, 1.82) is 5.26 Å². The molecular weight excluding hydrogens is 292 g/mol. The maximum absolute atomic E-state index is 12.8. The van der Waals surface area contributed by atoms with E-state index in [4.69, 9.17) is 9.15 Å². The predicted molar refractivity (Wildman–Crippen MR) is 84.4 cm³/mol. The number of pyridine rings is 1. The van der Waals surface area contributed by atoms with E-state index in [1.807, 2.05) is 18.2 Å². The van der Waals surface area contributed by atoms with Gasteiger partial charge in [0.05, 0.1) is 18.9 Å². The lowest BCUT2D eigenvalue weighted by molar-refractivity contribution is 0.0951. The number of fused-ring (bicyclic) bond motifs is 1. The molecule has 1 atom stereocenters. The molecular formula is C18H14N2O3. The Bertz CT molecular complexity index is 907. The van der Waals surface area contributed by atoms with E-state index in [1.165, 1.54) is 0 Å². The Balaban J connectivity index is 2.11. The van der Waals surface area contributed by atoms with Gasteiger partial charge in [0.2, 0.25) is 5.78 Å². The number of hydrogen-bond donors (Lipinski definition) is 0. The average Bonchev–Trinajstić information content (AvgIpc) is 2.93. The highest BCUT2D eigenvalue weighted by Crippen LogP contribution is 2.34. The lowest BCUT2D eigenvalue weighted by Gasteiger charge is -2.05. The monoisotopic (exact) mass is 306 g/mol. The second-order valence-corrected chi connectivity index (χ2v) is 5.07. The number of Topliss-reactive ketones (excluding diaryl/α,β-unsaturated/α-hetero) is 1. The van der Waals surface area contributed by atoms with Gasteiger partial charge in [-0.05, 0) is 25.1 Å². The fourth-order valence-corrected chi connectivity index (χ4v) is 2.55. The summed E-state index contributed by atoms with van der Waals surface area (Å²) in [6.07, 6.45) is 1.56. The summed E-state index contributed by atoms with van der Waals surface area (Å²) in [4.78, 5) is 16.9.